The Morgan fingerprint density at radius 3 is 2.70 bits per heavy atom. The lowest BCUT2D eigenvalue weighted by atomic mass is 10.1. The van der Waals surface area contributed by atoms with Crippen LogP contribution in [0.1, 0.15) is 21.5 Å². The maximum absolute atomic E-state index is 11.2. The Bertz CT molecular complexity index is 623. The highest BCUT2D eigenvalue weighted by molar-refractivity contribution is 9.10. The van der Waals surface area contributed by atoms with Crippen molar-refractivity contribution in [1.82, 2.24) is 0 Å². The van der Waals surface area contributed by atoms with Gasteiger partial charge in [-0.05, 0) is 40.5 Å². The molecule has 0 heterocycles. The molecular weight excluding hydrogens is 320 g/mol. The average Bonchev–Trinajstić information content (AvgIpc) is 2.45. The van der Waals surface area contributed by atoms with Crippen molar-refractivity contribution < 1.29 is 14.3 Å². The van der Waals surface area contributed by atoms with Crippen LogP contribution < -0.4 is 9.47 Å². The quantitative estimate of drug-likeness (QED) is 0.770. The van der Waals surface area contributed by atoms with Crippen LogP contribution >= 0.6 is 15.9 Å². The van der Waals surface area contributed by atoms with Gasteiger partial charge in [0.05, 0.1) is 12.7 Å². The van der Waals surface area contributed by atoms with Gasteiger partial charge in [0, 0.05) is 4.47 Å². The van der Waals surface area contributed by atoms with Gasteiger partial charge in [-0.1, -0.05) is 29.8 Å². The van der Waals surface area contributed by atoms with Crippen LogP contribution in [-0.2, 0) is 6.61 Å². The SMILES string of the molecule is COc1ccc(Br)c(C=O)c1OCc1cccc(C)c1. The molecule has 2 aromatic rings. The summed E-state index contributed by atoms with van der Waals surface area (Å²) in [5.74, 6) is 1.00. The number of hydrogen-bond donors (Lipinski definition) is 0. The van der Waals surface area contributed by atoms with Gasteiger partial charge in [0.25, 0.3) is 0 Å². The highest BCUT2D eigenvalue weighted by Gasteiger charge is 2.14. The first-order valence-electron chi connectivity index (χ1n) is 6.15. The van der Waals surface area contributed by atoms with E-state index in [9.17, 15) is 4.79 Å². The van der Waals surface area contributed by atoms with Gasteiger partial charge >= 0.3 is 0 Å². The number of methoxy groups -OCH3 is 1. The average molecular weight is 335 g/mol. The monoisotopic (exact) mass is 334 g/mol. The second-order valence-electron chi connectivity index (χ2n) is 4.39. The van der Waals surface area contributed by atoms with E-state index in [1.54, 1.807) is 19.2 Å². The fraction of sp³-hybridized carbons (Fsp3) is 0.188. The van der Waals surface area contributed by atoms with Crippen molar-refractivity contribution in [2.24, 2.45) is 0 Å². The highest BCUT2D eigenvalue weighted by atomic mass is 79.9. The molecule has 0 aliphatic rings. The van der Waals surface area contributed by atoms with Gasteiger partial charge in [-0.3, -0.25) is 4.79 Å². The first-order valence-corrected chi connectivity index (χ1v) is 6.95. The molecule has 0 atom stereocenters. The third-order valence-electron chi connectivity index (χ3n) is 2.91. The minimum absolute atomic E-state index is 0.384. The van der Waals surface area contributed by atoms with Crippen molar-refractivity contribution in [2.75, 3.05) is 7.11 Å². The lowest BCUT2D eigenvalue weighted by molar-refractivity contribution is 0.111. The highest BCUT2D eigenvalue weighted by Crippen LogP contribution is 2.35. The molecule has 0 spiro atoms. The van der Waals surface area contributed by atoms with Crippen molar-refractivity contribution in [2.45, 2.75) is 13.5 Å². The Kier molecular flexibility index (Phi) is 4.79. The Morgan fingerprint density at radius 2 is 2.05 bits per heavy atom. The summed E-state index contributed by atoms with van der Waals surface area (Å²) >= 11 is 3.34. The molecule has 0 aromatic heterocycles. The molecule has 104 valence electrons. The molecule has 0 bridgehead atoms. The fourth-order valence-corrected chi connectivity index (χ4v) is 2.34. The van der Waals surface area contributed by atoms with Crippen LogP contribution in [0.5, 0.6) is 11.5 Å². The van der Waals surface area contributed by atoms with Crippen LogP contribution in [0, 0.1) is 6.92 Å². The van der Waals surface area contributed by atoms with Gasteiger partial charge < -0.3 is 9.47 Å². The number of benzene rings is 2. The molecule has 0 unspecified atom stereocenters. The number of hydrogen-bond acceptors (Lipinski definition) is 3. The summed E-state index contributed by atoms with van der Waals surface area (Å²) < 4.78 is 11.7. The molecule has 0 saturated heterocycles. The van der Waals surface area contributed by atoms with Crippen LogP contribution in [0.3, 0.4) is 0 Å². The lowest BCUT2D eigenvalue weighted by Crippen LogP contribution is -2.01. The van der Waals surface area contributed by atoms with Crippen LogP contribution in [0.25, 0.3) is 0 Å². The van der Waals surface area contributed by atoms with Crippen LogP contribution in [0.2, 0.25) is 0 Å². The molecule has 2 aromatic carbocycles. The van der Waals surface area contributed by atoms with Crippen LogP contribution in [0.4, 0.5) is 0 Å². The maximum Gasteiger partial charge on any atom is 0.173 e. The van der Waals surface area contributed by atoms with Crippen molar-refractivity contribution in [1.29, 1.82) is 0 Å². The second kappa shape index (κ2) is 6.57. The van der Waals surface area contributed by atoms with Gasteiger partial charge in [0.15, 0.2) is 17.8 Å². The molecule has 0 amide bonds. The third kappa shape index (κ3) is 3.20. The zero-order valence-corrected chi connectivity index (χ0v) is 12.9. The summed E-state index contributed by atoms with van der Waals surface area (Å²) in [5, 5.41) is 0. The molecular formula is C16H15BrO3. The summed E-state index contributed by atoms with van der Waals surface area (Å²) in [4.78, 5) is 11.2. The van der Waals surface area contributed by atoms with Crippen molar-refractivity contribution >= 4 is 22.2 Å². The number of rotatable bonds is 5. The first kappa shape index (κ1) is 14.6. The van der Waals surface area contributed by atoms with Gasteiger partial charge in [0.2, 0.25) is 0 Å². The molecule has 4 heteroatoms. The Hall–Kier alpha value is -1.81. The standard InChI is InChI=1S/C16H15BrO3/c1-11-4-3-5-12(8-11)10-20-16-13(9-18)14(17)6-7-15(16)19-2/h3-9H,10H2,1-2H3. The maximum atomic E-state index is 11.2. The molecule has 0 aliphatic carbocycles. The lowest BCUT2D eigenvalue weighted by Gasteiger charge is -2.14. The molecule has 0 fully saturated rings. The van der Waals surface area contributed by atoms with E-state index >= 15 is 0 Å². The predicted molar refractivity (Wildman–Crippen MR) is 81.6 cm³/mol. The molecule has 0 N–H and O–H groups in total. The van der Waals surface area contributed by atoms with E-state index in [1.165, 1.54) is 5.56 Å². The number of aryl methyl sites for hydroxylation is 1. The second-order valence-corrected chi connectivity index (χ2v) is 5.24. The summed E-state index contributed by atoms with van der Waals surface area (Å²) in [6.07, 6.45) is 0.762. The summed E-state index contributed by atoms with van der Waals surface area (Å²) in [6, 6.07) is 11.6. The minimum Gasteiger partial charge on any atom is -0.493 e. The van der Waals surface area contributed by atoms with E-state index in [0.717, 1.165) is 11.8 Å². The van der Waals surface area contributed by atoms with Gasteiger partial charge in [-0.2, -0.15) is 0 Å². The Balaban J connectivity index is 2.28. The van der Waals surface area contributed by atoms with Crippen molar-refractivity contribution in [3.05, 3.63) is 57.6 Å². The van der Waals surface area contributed by atoms with E-state index < -0.39 is 0 Å². The molecule has 2 rings (SSSR count). The predicted octanol–water partition coefficient (Wildman–Crippen LogP) is 4.16. The smallest absolute Gasteiger partial charge is 0.173 e. The Labute approximate surface area is 126 Å². The summed E-state index contributed by atoms with van der Waals surface area (Å²) in [7, 11) is 1.55. The number of aldehydes is 1. The molecule has 3 nitrogen and oxygen atoms in total. The fourth-order valence-electron chi connectivity index (χ4n) is 1.93. The first-order chi connectivity index (χ1) is 9.65. The number of carbonyl (C=O) groups excluding carboxylic acids is 1. The summed E-state index contributed by atoms with van der Waals surface area (Å²) in [5.41, 5.74) is 2.67. The molecule has 0 saturated carbocycles. The Morgan fingerprint density at radius 1 is 1.25 bits per heavy atom. The molecule has 0 radical (unpaired) electrons. The van der Waals surface area contributed by atoms with E-state index in [2.05, 4.69) is 15.9 Å². The van der Waals surface area contributed by atoms with E-state index in [0.29, 0.717) is 28.1 Å². The molecule has 0 aliphatic heterocycles. The van der Waals surface area contributed by atoms with Crippen molar-refractivity contribution in [3.63, 3.8) is 0 Å². The normalized spacial score (nSPS) is 10.2. The van der Waals surface area contributed by atoms with E-state index in [4.69, 9.17) is 9.47 Å². The topological polar surface area (TPSA) is 35.5 Å². The minimum atomic E-state index is 0.384. The zero-order chi connectivity index (χ0) is 14.5. The zero-order valence-electron chi connectivity index (χ0n) is 11.4. The third-order valence-corrected chi connectivity index (χ3v) is 3.60. The van der Waals surface area contributed by atoms with Crippen molar-refractivity contribution in [3.8, 4) is 11.5 Å². The summed E-state index contributed by atoms with van der Waals surface area (Å²) in [6.45, 7) is 2.41. The van der Waals surface area contributed by atoms with Gasteiger partial charge in [0.1, 0.15) is 6.61 Å². The van der Waals surface area contributed by atoms with Crippen LogP contribution in [0.15, 0.2) is 40.9 Å². The van der Waals surface area contributed by atoms with Gasteiger partial charge in [-0.25, -0.2) is 0 Å². The molecule has 20 heavy (non-hydrogen) atoms. The number of carbonyl (C=O) groups is 1. The van der Waals surface area contributed by atoms with Gasteiger partial charge in [-0.15, -0.1) is 0 Å². The largest absolute Gasteiger partial charge is 0.493 e. The number of ether oxygens (including phenoxy) is 2. The van der Waals surface area contributed by atoms with Crippen LogP contribution in [-0.4, -0.2) is 13.4 Å². The van der Waals surface area contributed by atoms with E-state index in [1.807, 2.05) is 31.2 Å². The number of halogens is 1. The van der Waals surface area contributed by atoms with E-state index in [-0.39, 0.29) is 0 Å².